The van der Waals surface area contributed by atoms with Crippen molar-refractivity contribution in [2.45, 2.75) is 45.6 Å². The molecule has 1 aromatic rings. The van der Waals surface area contributed by atoms with E-state index in [-0.39, 0.29) is 17.9 Å². The second-order valence-electron chi connectivity index (χ2n) is 7.64. The number of amides is 2. The van der Waals surface area contributed by atoms with Crippen LogP contribution in [0.2, 0.25) is 0 Å². The summed E-state index contributed by atoms with van der Waals surface area (Å²) in [6.07, 6.45) is 3.32. The van der Waals surface area contributed by atoms with Crippen molar-refractivity contribution >= 4 is 17.5 Å². The molecule has 0 aliphatic carbocycles. The van der Waals surface area contributed by atoms with Crippen LogP contribution >= 0.6 is 0 Å². The summed E-state index contributed by atoms with van der Waals surface area (Å²) in [7, 11) is 0. The fourth-order valence-electron chi connectivity index (χ4n) is 3.86. The molecule has 2 fully saturated rings. The monoisotopic (exact) mass is 373 g/mol. The average molecular weight is 373 g/mol. The maximum atomic E-state index is 12.9. The lowest BCUT2D eigenvalue weighted by atomic mass is 10.0. The lowest BCUT2D eigenvalue weighted by Gasteiger charge is -2.33. The lowest BCUT2D eigenvalue weighted by Crippen LogP contribution is -2.45. The second kappa shape index (κ2) is 8.85. The zero-order valence-electron chi connectivity index (χ0n) is 16.4. The summed E-state index contributed by atoms with van der Waals surface area (Å²) in [5, 5.41) is 0. The van der Waals surface area contributed by atoms with Crippen LogP contribution < -0.4 is 10.6 Å². The number of likely N-dealkylation sites (tertiary alicyclic amines) is 1. The minimum absolute atomic E-state index is 0.0215. The third-order valence-electron chi connectivity index (χ3n) is 5.76. The number of aryl methyl sites for hydroxylation is 2. The summed E-state index contributed by atoms with van der Waals surface area (Å²) >= 11 is 0. The number of ether oxygens (including phenoxy) is 1. The van der Waals surface area contributed by atoms with E-state index in [1.807, 2.05) is 30.0 Å². The normalized spacial score (nSPS) is 21.1. The highest BCUT2D eigenvalue weighted by atomic mass is 16.5. The van der Waals surface area contributed by atoms with Gasteiger partial charge in [-0.05, 0) is 69.3 Å². The molecule has 2 N–H and O–H groups in total. The zero-order chi connectivity index (χ0) is 19.4. The Morgan fingerprint density at radius 1 is 1.15 bits per heavy atom. The smallest absolute Gasteiger partial charge is 0.239 e. The third kappa shape index (κ3) is 4.50. The van der Waals surface area contributed by atoms with Crippen molar-refractivity contribution in [2.75, 3.05) is 37.7 Å². The number of hydrogen-bond donors (Lipinski definition) is 1. The maximum absolute atomic E-state index is 12.9. The first-order valence-electron chi connectivity index (χ1n) is 10.0. The first kappa shape index (κ1) is 19.8. The lowest BCUT2D eigenvalue weighted by molar-refractivity contribution is -0.141. The molecule has 0 unspecified atom stereocenters. The summed E-state index contributed by atoms with van der Waals surface area (Å²) in [6, 6.07) is 6.03. The van der Waals surface area contributed by atoms with Gasteiger partial charge in [-0.15, -0.1) is 0 Å². The van der Waals surface area contributed by atoms with E-state index < -0.39 is 5.92 Å². The van der Waals surface area contributed by atoms with Gasteiger partial charge in [0.2, 0.25) is 11.8 Å². The Bertz CT molecular complexity index is 683. The molecule has 0 aromatic heterocycles. The minimum Gasteiger partial charge on any atom is -0.378 e. The van der Waals surface area contributed by atoms with Gasteiger partial charge in [0.1, 0.15) is 5.92 Å². The van der Waals surface area contributed by atoms with E-state index in [1.165, 1.54) is 5.56 Å². The van der Waals surface area contributed by atoms with Gasteiger partial charge in [0, 0.05) is 31.9 Å². The van der Waals surface area contributed by atoms with Crippen LogP contribution in [0, 0.1) is 19.8 Å². The summed E-state index contributed by atoms with van der Waals surface area (Å²) in [6.45, 7) is 7.36. The quantitative estimate of drug-likeness (QED) is 0.611. The van der Waals surface area contributed by atoms with E-state index in [4.69, 9.17) is 10.5 Å². The maximum Gasteiger partial charge on any atom is 0.239 e. The van der Waals surface area contributed by atoms with E-state index in [0.29, 0.717) is 39.2 Å². The van der Waals surface area contributed by atoms with Crippen molar-refractivity contribution in [3.8, 4) is 0 Å². The number of benzene rings is 1. The summed E-state index contributed by atoms with van der Waals surface area (Å²) in [5.74, 6) is -0.627. The molecule has 2 amide bonds. The Kier molecular flexibility index (Phi) is 6.50. The Morgan fingerprint density at radius 2 is 1.89 bits per heavy atom. The molecule has 3 rings (SSSR count). The summed E-state index contributed by atoms with van der Waals surface area (Å²) in [4.78, 5) is 29.4. The van der Waals surface area contributed by atoms with Gasteiger partial charge in [0.15, 0.2) is 0 Å². The fraction of sp³-hybridized carbons (Fsp3) is 0.619. The minimum atomic E-state index is -0.540. The Balaban J connectivity index is 1.55. The molecule has 2 saturated heterocycles. The van der Waals surface area contributed by atoms with Gasteiger partial charge in [0.25, 0.3) is 0 Å². The first-order valence-corrected chi connectivity index (χ1v) is 10.0. The number of piperidine rings is 1. The second-order valence-corrected chi connectivity index (χ2v) is 7.64. The van der Waals surface area contributed by atoms with Gasteiger partial charge < -0.3 is 20.3 Å². The molecule has 6 nitrogen and oxygen atoms in total. The van der Waals surface area contributed by atoms with Crippen LogP contribution in [0.15, 0.2) is 18.2 Å². The van der Waals surface area contributed by atoms with Crippen LogP contribution in [-0.2, 0) is 14.3 Å². The zero-order valence-corrected chi connectivity index (χ0v) is 16.4. The van der Waals surface area contributed by atoms with Gasteiger partial charge >= 0.3 is 0 Å². The van der Waals surface area contributed by atoms with Crippen molar-refractivity contribution in [3.05, 3.63) is 29.3 Å². The average Bonchev–Trinajstić information content (AvgIpc) is 3.05. The van der Waals surface area contributed by atoms with E-state index in [1.54, 1.807) is 4.90 Å². The Hall–Kier alpha value is -1.92. The van der Waals surface area contributed by atoms with Gasteiger partial charge in [0.05, 0.1) is 6.10 Å². The molecular formula is C21H31N3O3. The van der Waals surface area contributed by atoms with Crippen molar-refractivity contribution < 1.29 is 14.3 Å². The van der Waals surface area contributed by atoms with Crippen LogP contribution in [0.3, 0.4) is 0 Å². The fourth-order valence-corrected chi connectivity index (χ4v) is 3.86. The van der Waals surface area contributed by atoms with Crippen LogP contribution in [0.1, 0.15) is 36.8 Å². The molecule has 1 atom stereocenters. The molecule has 6 heteroatoms. The molecule has 0 bridgehead atoms. The SMILES string of the molecule is Cc1ccc(N2CC[C@@H](C(=O)N3CCC(OCCCN)CC3)C2=O)cc1C. The standard InChI is InChI=1S/C21H31N3O3/c1-15-4-5-17(14-16(15)2)24-12-8-19(21(24)26)20(25)23-10-6-18(7-11-23)27-13-3-9-22/h4-5,14,18-19H,3,6-13,22H2,1-2H3/t19-/m0/s1. The number of rotatable bonds is 6. The number of nitrogens with zero attached hydrogens (tertiary/aromatic N) is 2. The molecule has 2 aliphatic rings. The summed E-state index contributed by atoms with van der Waals surface area (Å²) in [5.41, 5.74) is 8.75. The highest BCUT2D eigenvalue weighted by Gasteiger charge is 2.40. The van der Waals surface area contributed by atoms with Gasteiger partial charge in [-0.25, -0.2) is 0 Å². The first-order chi connectivity index (χ1) is 13.0. The van der Waals surface area contributed by atoms with E-state index >= 15 is 0 Å². The highest BCUT2D eigenvalue weighted by Crippen LogP contribution is 2.29. The molecule has 0 radical (unpaired) electrons. The van der Waals surface area contributed by atoms with E-state index in [2.05, 4.69) is 6.92 Å². The van der Waals surface area contributed by atoms with E-state index in [9.17, 15) is 9.59 Å². The van der Waals surface area contributed by atoms with E-state index in [0.717, 1.165) is 30.5 Å². The van der Waals surface area contributed by atoms with Crippen LogP contribution in [0.5, 0.6) is 0 Å². The number of nitrogens with two attached hydrogens (primary N) is 1. The molecular weight excluding hydrogens is 342 g/mol. The van der Waals surface area contributed by atoms with Crippen molar-refractivity contribution in [1.82, 2.24) is 4.90 Å². The Morgan fingerprint density at radius 3 is 2.56 bits per heavy atom. The summed E-state index contributed by atoms with van der Waals surface area (Å²) < 4.78 is 5.80. The largest absolute Gasteiger partial charge is 0.378 e. The molecule has 2 heterocycles. The molecule has 1 aromatic carbocycles. The van der Waals surface area contributed by atoms with Crippen LogP contribution in [0.25, 0.3) is 0 Å². The van der Waals surface area contributed by atoms with Crippen molar-refractivity contribution in [2.24, 2.45) is 11.7 Å². The predicted molar refractivity (Wildman–Crippen MR) is 106 cm³/mol. The highest BCUT2D eigenvalue weighted by molar-refractivity contribution is 6.09. The topological polar surface area (TPSA) is 75.9 Å². The molecule has 0 saturated carbocycles. The molecule has 0 spiro atoms. The molecule has 148 valence electrons. The van der Waals surface area contributed by atoms with Crippen molar-refractivity contribution in [1.29, 1.82) is 0 Å². The number of hydrogen-bond acceptors (Lipinski definition) is 4. The number of anilines is 1. The van der Waals surface area contributed by atoms with Gasteiger partial charge in [-0.2, -0.15) is 0 Å². The van der Waals surface area contributed by atoms with Crippen LogP contribution in [0.4, 0.5) is 5.69 Å². The number of carbonyl (C=O) groups is 2. The predicted octanol–water partition coefficient (Wildman–Crippen LogP) is 2.01. The molecule has 27 heavy (non-hydrogen) atoms. The number of carbonyl (C=O) groups excluding carboxylic acids is 2. The van der Waals surface area contributed by atoms with Crippen molar-refractivity contribution in [3.63, 3.8) is 0 Å². The van der Waals surface area contributed by atoms with Gasteiger partial charge in [-0.1, -0.05) is 6.07 Å². The van der Waals surface area contributed by atoms with Gasteiger partial charge in [-0.3, -0.25) is 9.59 Å². The molecule has 2 aliphatic heterocycles. The van der Waals surface area contributed by atoms with Crippen LogP contribution in [-0.4, -0.2) is 55.6 Å². The third-order valence-corrected chi connectivity index (χ3v) is 5.76. The Labute approximate surface area is 161 Å².